The average molecular weight is 190 g/mol. The van der Waals surface area contributed by atoms with E-state index in [1.807, 2.05) is 6.07 Å². The fourth-order valence-corrected chi connectivity index (χ4v) is 2.58. The van der Waals surface area contributed by atoms with E-state index in [0.717, 1.165) is 24.8 Å². The lowest BCUT2D eigenvalue weighted by molar-refractivity contribution is -0.0313. The first kappa shape index (κ1) is 9.72. The normalized spacial score (nSPS) is 31.2. The van der Waals surface area contributed by atoms with Crippen LogP contribution >= 0.6 is 0 Å². The van der Waals surface area contributed by atoms with Crippen LogP contribution in [0.1, 0.15) is 37.8 Å². The summed E-state index contributed by atoms with van der Waals surface area (Å²) >= 11 is 0. The minimum absolute atomic E-state index is 0.377. The van der Waals surface area contributed by atoms with Crippen LogP contribution in [0.4, 0.5) is 0 Å². The Morgan fingerprint density at radius 2 is 2.14 bits per heavy atom. The molecular weight excluding hydrogens is 172 g/mol. The second kappa shape index (κ2) is 3.39. The average Bonchev–Trinajstić information content (AvgIpc) is 2.24. The molecule has 0 heterocycles. The van der Waals surface area contributed by atoms with Gasteiger partial charge < -0.3 is 5.11 Å². The van der Waals surface area contributed by atoms with E-state index in [2.05, 4.69) is 32.0 Å². The molecule has 2 atom stereocenters. The number of aryl methyl sites for hydroxylation is 1. The van der Waals surface area contributed by atoms with Crippen LogP contribution in [0.2, 0.25) is 0 Å². The fraction of sp³-hybridized carbons (Fsp3) is 0.538. The molecule has 0 amide bonds. The lowest BCUT2D eigenvalue weighted by Gasteiger charge is -2.39. The highest BCUT2D eigenvalue weighted by Crippen LogP contribution is 2.41. The zero-order valence-electron chi connectivity index (χ0n) is 8.96. The van der Waals surface area contributed by atoms with Crippen molar-refractivity contribution in [1.29, 1.82) is 0 Å². The van der Waals surface area contributed by atoms with E-state index < -0.39 is 5.60 Å². The van der Waals surface area contributed by atoms with Crippen molar-refractivity contribution in [2.24, 2.45) is 5.92 Å². The molecule has 0 aromatic heterocycles. The molecule has 0 saturated heterocycles. The summed E-state index contributed by atoms with van der Waals surface area (Å²) in [6, 6.07) is 8.30. The minimum atomic E-state index is -0.588. The lowest BCUT2D eigenvalue weighted by atomic mass is 9.71. The topological polar surface area (TPSA) is 20.2 Å². The first-order chi connectivity index (χ1) is 6.68. The molecule has 1 nitrogen and oxygen atoms in total. The molecule has 14 heavy (non-hydrogen) atoms. The van der Waals surface area contributed by atoms with Crippen LogP contribution in [-0.4, -0.2) is 5.11 Å². The Balaban J connectivity index is 2.52. The molecule has 1 N–H and O–H groups in total. The van der Waals surface area contributed by atoms with E-state index in [1.165, 1.54) is 5.56 Å². The minimum Gasteiger partial charge on any atom is -0.385 e. The van der Waals surface area contributed by atoms with E-state index in [4.69, 9.17) is 0 Å². The summed E-state index contributed by atoms with van der Waals surface area (Å²) in [7, 11) is 0. The Morgan fingerprint density at radius 3 is 2.86 bits per heavy atom. The highest BCUT2D eigenvalue weighted by molar-refractivity contribution is 5.35. The van der Waals surface area contributed by atoms with E-state index >= 15 is 0 Å². The van der Waals surface area contributed by atoms with Crippen molar-refractivity contribution in [2.75, 3.05) is 0 Å². The zero-order valence-corrected chi connectivity index (χ0v) is 8.96. The largest absolute Gasteiger partial charge is 0.385 e. The number of fused-ring (bicyclic) bond motifs is 1. The van der Waals surface area contributed by atoms with Crippen LogP contribution in [0, 0.1) is 5.92 Å². The number of benzene rings is 1. The van der Waals surface area contributed by atoms with Gasteiger partial charge in [0.25, 0.3) is 0 Å². The Morgan fingerprint density at radius 1 is 1.43 bits per heavy atom. The maximum absolute atomic E-state index is 10.6. The molecule has 2 unspecified atom stereocenters. The second-order valence-corrected chi connectivity index (χ2v) is 4.37. The monoisotopic (exact) mass is 190 g/mol. The third kappa shape index (κ3) is 1.27. The van der Waals surface area contributed by atoms with Gasteiger partial charge in [-0.25, -0.2) is 0 Å². The summed E-state index contributed by atoms with van der Waals surface area (Å²) < 4.78 is 0. The molecule has 1 aliphatic carbocycles. The van der Waals surface area contributed by atoms with Gasteiger partial charge in [-0.05, 0) is 36.3 Å². The second-order valence-electron chi connectivity index (χ2n) is 4.37. The van der Waals surface area contributed by atoms with Crippen molar-refractivity contribution in [2.45, 2.75) is 38.7 Å². The zero-order chi connectivity index (χ0) is 10.2. The van der Waals surface area contributed by atoms with Gasteiger partial charge in [-0.2, -0.15) is 0 Å². The van der Waals surface area contributed by atoms with Gasteiger partial charge in [0.2, 0.25) is 0 Å². The molecule has 1 aromatic rings. The number of hydrogen-bond acceptors (Lipinski definition) is 1. The molecule has 0 bridgehead atoms. The van der Waals surface area contributed by atoms with Gasteiger partial charge in [0.15, 0.2) is 0 Å². The Kier molecular flexibility index (Phi) is 2.36. The summed E-state index contributed by atoms with van der Waals surface area (Å²) in [5.41, 5.74) is 1.89. The Bertz CT molecular complexity index is 332. The standard InChI is InChI=1S/C13H18O/c1-3-13(14)10(2)8-9-11-6-4-5-7-12(11)13/h4-7,10,14H,3,8-9H2,1-2H3. The molecule has 0 aliphatic heterocycles. The highest BCUT2D eigenvalue weighted by Gasteiger charge is 2.38. The lowest BCUT2D eigenvalue weighted by Crippen LogP contribution is -2.37. The SMILES string of the molecule is CCC1(O)c2ccccc2CCC1C. The van der Waals surface area contributed by atoms with Crippen LogP contribution < -0.4 is 0 Å². The maximum Gasteiger partial charge on any atom is 0.0922 e. The smallest absolute Gasteiger partial charge is 0.0922 e. The van der Waals surface area contributed by atoms with Gasteiger partial charge >= 0.3 is 0 Å². The van der Waals surface area contributed by atoms with Crippen molar-refractivity contribution in [1.82, 2.24) is 0 Å². The van der Waals surface area contributed by atoms with Gasteiger partial charge in [-0.15, -0.1) is 0 Å². The summed E-state index contributed by atoms with van der Waals surface area (Å²) in [5.74, 6) is 0.377. The molecule has 1 aromatic carbocycles. The first-order valence-electron chi connectivity index (χ1n) is 5.49. The molecule has 0 fully saturated rings. The van der Waals surface area contributed by atoms with Gasteiger partial charge in [-0.3, -0.25) is 0 Å². The molecule has 1 heteroatoms. The molecule has 0 radical (unpaired) electrons. The third-order valence-corrected chi connectivity index (χ3v) is 3.68. The van der Waals surface area contributed by atoms with Crippen LogP contribution in [0.3, 0.4) is 0 Å². The van der Waals surface area contributed by atoms with E-state index in [1.54, 1.807) is 0 Å². The quantitative estimate of drug-likeness (QED) is 0.722. The molecule has 0 spiro atoms. The van der Waals surface area contributed by atoms with Crippen LogP contribution in [-0.2, 0) is 12.0 Å². The van der Waals surface area contributed by atoms with Crippen molar-refractivity contribution in [3.8, 4) is 0 Å². The Labute approximate surface area is 85.8 Å². The van der Waals surface area contributed by atoms with Crippen molar-refractivity contribution < 1.29 is 5.11 Å². The van der Waals surface area contributed by atoms with Gasteiger partial charge in [0.1, 0.15) is 0 Å². The summed E-state index contributed by atoms with van der Waals surface area (Å²) in [6.07, 6.45) is 3.02. The van der Waals surface area contributed by atoms with Crippen LogP contribution in [0.5, 0.6) is 0 Å². The van der Waals surface area contributed by atoms with Gasteiger partial charge in [-0.1, -0.05) is 38.1 Å². The van der Waals surface area contributed by atoms with Gasteiger partial charge in [0.05, 0.1) is 5.60 Å². The van der Waals surface area contributed by atoms with E-state index in [-0.39, 0.29) is 0 Å². The Hall–Kier alpha value is -0.820. The first-order valence-corrected chi connectivity index (χ1v) is 5.49. The molecule has 0 saturated carbocycles. The van der Waals surface area contributed by atoms with E-state index in [9.17, 15) is 5.11 Å². The summed E-state index contributed by atoms with van der Waals surface area (Å²) in [6.45, 7) is 4.22. The van der Waals surface area contributed by atoms with Crippen LogP contribution in [0.15, 0.2) is 24.3 Å². The molecule has 1 aliphatic rings. The highest BCUT2D eigenvalue weighted by atomic mass is 16.3. The number of aliphatic hydroxyl groups is 1. The fourth-order valence-electron chi connectivity index (χ4n) is 2.58. The molecule has 2 rings (SSSR count). The number of rotatable bonds is 1. The van der Waals surface area contributed by atoms with Crippen molar-refractivity contribution in [3.63, 3.8) is 0 Å². The van der Waals surface area contributed by atoms with Crippen LogP contribution in [0.25, 0.3) is 0 Å². The van der Waals surface area contributed by atoms with Gasteiger partial charge in [0, 0.05) is 0 Å². The number of hydrogen-bond donors (Lipinski definition) is 1. The molecule has 76 valence electrons. The van der Waals surface area contributed by atoms with E-state index in [0.29, 0.717) is 5.92 Å². The predicted molar refractivity (Wildman–Crippen MR) is 58.1 cm³/mol. The summed E-state index contributed by atoms with van der Waals surface area (Å²) in [5, 5.41) is 10.6. The third-order valence-electron chi connectivity index (χ3n) is 3.68. The summed E-state index contributed by atoms with van der Waals surface area (Å²) in [4.78, 5) is 0. The van der Waals surface area contributed by atoms with Crippen molar-refractivity contribution >= 4 is 0 Å². The predicted octanol–water partition coefficient (Wildman–Crippen LogP) is 2.87. The molecular formula is C13H18O. The maximum atomic E-state index is 10.6. The van der Waals surface area contributed by atoms with Crippen molar-refractivity contribution in [3.05, 3.63) is 35.4 Å².